The molecule has 0 aliphatic carbocycles. The Morgan fingerprint density at radius 3 is 2.93 bits per heavy atom. The summed E-state index contributed by atoms with van der Waals surface area (Å²) in [5.74, 6) is 1.15. The number of unbranched alkanes of at least 4 members (excludes halogenated alkanes) is 1. The van der Waals surface area contributed by atoms with Gasteiger partial charge in [0.25, 0.3) is 0 Å². The lowest BCUT2D eigenvalue weighted by Gasteiger charge is -2.02. The predicted octanol–water partition coefficient (Wildman–Crippen LogP) is 2.46. The summed E-state index contributed by atoms with van der Waals surface area (Å²) in [6.45, 7) is 2.07. The van der Waals surface area contributed by atoms with Crippen LogP contribution in [0.25, 0.3) is 0 Å². The van der Waals surface area contributed by atoms with Crippen LogP contribution in [0.15, 0.2) is 17.2 Å². The van der Waals surface area contributed by atoms with E-state index in [9.17, 15) is 10.1 Å². The molecule has 0 unspecified atom stereocenters. The van der Waals surface area contributed by atoms with E-state index in [4.69, 9.17) is 5.73 Å². The Kier molecular flexibility index (Phi) is 4.36. The maximum Gasteiger partial charge on any atom is 0.301 e. The van der Waals surface area contributed by atoms with E-state index in [2.05, 4.69) is 11.9 Å². The second-order valence-corrected chi connectivity index (χ2v) is 4.10. The molecule has 0 fully saturated rings. The van der Waals surface area contributed by atoms with Crippen LogP contribution in [0.1, 0.15) is 19.8 Å². The monoisotopic (exact) mass is 227 g/mol. The van der Waals surface area contributed by atoms with E-state index in [1.165, 1.54) is 23.9 Å². The van der Waals surface area contributed by atoms with Crippen molar-refractivity contribution in [3.8, 4) is 0 Å². The first-order chi connectivity index (χ1) is 7.15. The zero-order chi connectivity index (χ0) is 11.3. The summed E-state index contributed by atoms with van der Waals surface area (Å²) < 4.78 is 0. The summed E-state index contributed by atoms with van der Waals surface area (Å²) in [4.78, 5) is 14.2. The van der Waals surface area contributed by atoms with Gasteiger partial charge in [0, 0.05) is 6.07 Å². The van der Waals surface area contributed by atoms with Gasteiger partial charge in [0.15, 0.2) is 5.03 Å². The minimum atomic E-state index is -0.430. The maximum atomic E-state index is 10.7. The van der Waals surface area contributed by atoms with Crippen LogP contribution in [0.5, 0.6) is 0 Å². The molecule has 0 bridgehead atoms. The largest absolute Gasteiger partial charge is 0.384 e. The average molecular weight is 227 g/mol. The lowest BCUT2D eigenvalue weighted by atomic mass is 10.4. The quantitative estimate of drug-likeness (QED) is 0.361. The SMILES string of the molecule is CCCCSc1nc(N)ccc1[N+](=O)[O-]. The molecule has 1 aromatic rings. The first-order valence-electron chi connectivity index (χ1n) is 4.69. The van der Waals surface area contributed by atoms with Crippen molar-refractivity contribution < 1.29 is 4.92 Å². The lowest BCUT2D eigenvalue weighted by Crippen LogP contribution is -1.97. The second-order valence-electron chi connectivity index (χ2n) is 3.02. The van der Waals surface area contributed by atoms with Crippen molar-refractivity contribution in [1.82, 2.24) is 4.98 Å². The highest BCUT2D eigenvalue weighted by molar-refractivity contribution is 7.99. The third-order valence-corrected chi connectivity index (χ3v) is 2.86. The Labute approximate surface area is 92.2 Å². The van der Waals surface area contributed by atoms with Crippen LogP contribution < -0.4 is 5.73 Å². The molecule has 0 aliphatic rings. The number of pyridine rings is 1. The van der Waals surface area contributed by atoms with E-state index >= 15 is 0 Å². The van der Waals surface area contributed by atoms with Crippen LogP contribution in [0.2, 0.25) is 0 Å². The van der Waals surface area contributed by atoms with Gasteiger partial charge < -0.3 is 5.73 Å². The molecule has 2 N–H and O–H groups in total. The summed E-state index contributed by atoms with van der Waals surface area (Å²) in [6.07, 6.45) is 2.07. The van der Waals surface area contributed by atoms with Crippen molar-refractivity contribution in [2.24, 2.45) is 0 Å². The molecule has 0 amide bonds. The molecule has 0 saturated carbocycles. The van der Waals surface area contributed by atoms with E-state index in [1.54, 1.807) is 0 Å². The van der Waals surface area contributed by atoms with Crippen LogP contribution in [0.4, 0.5) is 11.5 Å². The predicted molar refractivity (Wildman–Crippen MR) is 60.9 cm³/mol. The number of nitrogens with zero attached hydrogens (tertiary/aromatic N) is 2. The highest BCUT2D eigenvalue weighted by Crippen LogP contribution is 2.28. The molecule has 1 aromatic heterocycles. The Hall–Kier alpha value is -1.30. The van der Waals surface area contributed by atoms with Gasteiger partial charge in [0.2, 0.25) is 0 Å². The molecule has 6 heteroatoms. The average Bonchev–Trinajstić information content (AvgIpc) is 2.18. The topological polar surface area (TPSA) is 82.0 Å². The number of nitrogens with two attached hydrogens (primary N) is 1. The Morgan fingerprint density at radius 2 is 2.33 bits per heavy atom. The molecule has 5 nitrogen and oxygen atoms in total. The number of nitro groups is 1. The van der Waals surface area contributed by atoms with Crippen LogP contribution in [0, 0.1) is 10.1 Å². The Morgan fingerprint density at radius 1 is 1.60 bits per heavy atom. The molecule has 0 saturated heterocycles. The molecule has 0 aromatic carbocycles. The van der Waals surface area contributed by atoms with E-state index in [-0.39, 0.29) is 5.69 Å². The lowest BCUT2D eigenvalue weighted by molar-refractivity contribution is -0.388. The first kappa shape index (κ1) is 11.8. The summed E-state index contributed by atoms with van der Waals surface area (Å²) in [6, 6.07) is 2.85. The molecule has 0 aliphatic heterocycles. The van der Waals surface area contributed by atoms with Crippen LogP contribution in [0.3, 0.4) is 0 Å². The Bertz CT molecular complexity index is 357. The second kappa shape index (κ2) is 5.55. The van der Waals surface area contributed by atoms with Gasteiger partial charge in [-0.05, 0) is 18.2 Å². The minimum absolute atomic E-state index is 0.0327. The maximum absolute atomic E-state index is 10.7. The van der Waals surface area contributed by atoms with Gasteiger partial charge in [-0.2, -0.15) is 0 Å². The molecule has 0 atom stereocenters. The zero-order valence-corrected chi connectivity index (χ0v) is 9.29. The van der Waals surface area contributed by atoms with Gasteiger partial charge >= 0.3 is 5.69 Å². The molecule has 1 rings (SSSR count). The van der Waals surface area contributed by atoms with Crippen molar-refractivity contribution in [2.45, 2.75) is 24.8 Å². The molecule has 0 spiro atoms. The van der Waals surface area contributed by atoms with Crippen LogP contribution in [-0.2, 0) is 0 Å². The number of rotatable bonds is 5. The fourth-order valence-corrected chi connectivity index (χ4v) is 2.09. The minimum Gasteiger partial charge on any atom is -0.384 e. The molecule has 1 heterocycles. The zero-order valence-electron chi connectivity index (χ0n) is 8.47. The number of hydrogen-bond donors (Lipinski definition) is 1. The smallest absolute Gasteiger partial charge is 0.301 e. The molecule has 15 heavy (non-hydrogen) atoms. The standard InChI is InChI=1S/C9H13N3O2S/c1-2-3-6-15-9-7(12(13)14)4-5-8(10)11-9/h4-5H,2-3,6H2,1H3,(H2,10,11). The first-order valence-corrected chi connectivity index (χ1v) is 5.67. The Balaban J connectivity index is 2.82. The molecule has 82 valence electrons. The van der Waals surface area contributed by atoms with Crippen molar-refractivity contribution in [3.63, 3.8) is 0 Å². The van der Waals surface area contributed by atoms with Crippen molar-refractivity contribution in [2.75, 3.05) is 11.5 Å². The number of hydrogen-bond acceptors (Lipinski definition) is 5. The van der Waals surface area contributed by atoms with Crippen LogP contribution >= 0.6 is 11.8 Å². The van der Waals surface area contributed by atoms with E-state index in [0.717, 1.165) is 18.6 Å². The van der Waals surface area contributed by atoms with E-state index in [1.807, 2.05) is 0 Å². The van der Waals surface area contributed by atoms with Gasteiger partial charge in [0.05, 0.1) is 4.92 Å². The molecular formula is C9H13N3O2S. The third kappa shape index (κ3) is 3.39. The number of thioether (sulfide) groups is 1. The summed E-state index contributed by atoms with van der Waals surface area (Å²) in [5, 5.41) is 11.1. The normalized spacial score (nSPS) is 10.2. The van der Waals surface area contributed by atoms with Gasteiger partial charge in [0.1, 0.15) is 5.82 Å². The number of anilines is 1. The van der Waals surface area contributed by atoms with Gasteiger partial charge in [-0.3, -0.25) is 10.1 Å². The number of nitrogen functional groups attached to an aromatic ring is 1. The fourth-order valence-electron chi connectivity index (χ4n) is 1.01. The highest BCUT2D eigenvalue weighted by Gasteiger charge is 2.15. The third-order valence-electron chi connectivity index (χ3n) is 1.80. The van der Waals surface area contributed by atoms with Crippen molar-refractivity contribution in [3.05, 3.63) is 22.2 Å². The van der Waals surface area contributed by atoms with Gasteiger partial charge in [-0.15, -0.1) is 0 Å². The summed E-state index contributed by atoms with van der Waals surface area (Å²) in [7, 11) is 0. The van der Waals surface area contributed by atoms with Crippen molar-refractivity contribution >= 4 is 23.3 Å². The van der Waals surface area contributed by atoms with Gasteiger partial charge in [-0.25, -0.2) is 4.98 Å². The van der Waals surface area contributed by atoms with Crippen LogP contribution in [-0.4, -0.2) is 15.7 Å². The molecule has 0 radical (unpaired) electrons. The van der Waals surface area contributed by atoms with E-state index in [0.29, 0.717) is 10.8 Å². The fraction of sp³-hybridized carbons (Fsp3) is 0.444. The highest BCUT2D eigenvalue weighted by atomic mass is 32.2. The van der Waals surface area contributed by atoms with E-state index < -0.39 is 4.92 Å². The summed E-state index contributed by atoms with van der Waals surface area (Å²) in [5.41, 5.74) is 5.52. The number of aromatic nitrogens is 1. The van der Waals surface area contributed by atoms with Crippen molar-refractivity contribution in [1.29, 1.82) is 0 Å². The molecular weight excluding hydrogens is 214 g/mol. The van der Waals surface area contributed by atoms with Gasteiger partial charge in [-0.1, -0.05) is 25.1 Å². The summed E-state index contributed by atoms with van der Waals surface area (Å²) >= 11 is 1.38.